The molecular weight excluding hydrogens is 373 g/mol. The van der Waals surface area contributed by atoms with Gasteiger partial charge in [-0.05, 0) is 41.5 Å². The first-order valence-electron chi connectivity index (χ1n) is 8.14. The molecule has 0 spiro atoms. The standard InChI is InChI=1S/C20H15F3N2O3/c1-25-11-16(10-17(25)19(27)28)24-18(26)14-4-2-12(3-5-14)13-6-8-15(9-7-13)20(21,22)23/h2-11H,1H3,(H,24,26)(H,27,28). The van der Waals surface area contributed by atoms with E-state index in [-0.39, 0.29) is 5.69 Å². The zero-order chi connectivity index (χ0) is 20.5. The Hall–Kier alpha value is -3.55. The summed E-state index contributed by atoms with van der Waals surface area (Å²) in [4.78, 5) is 23.4. The van der Waals surface area contributed by atoms with E-state index in [0.717, 1.165) is 12.1 Å². The first kappa shape index (κ1) is 19.2. The van der Waals surface area contributed by atoms with Gasteiger partial charge in [-0.2, -0.15) is 13.2 Å². The van der Waals surface area contributed by atoms with Crippen LogP contribution >= 0.6 is 0 Å². The van der Waals surface area contributed by atoms with Crippen LogP contribution in [0.5, 0.6) is 0 Å². The number of carbonyl (C=O) groups excluding carboxylic acids is 1. The molecule has 0 saturated carbocycles. The molecule has 1 heterocycles. The molecule has 28 heavy (non-hydrogen) atoms. The van der Waals surface area contributed by atoms with E-state index in [4.69, 9.17) is 5.11 Å². The van der Waals surface area contributed by atoms with Crippen molar-refractivity contribution in [3.8, 4) is 11.1 Å². The number of aromatic carboxylic acids is 1. The number of anilines is 1. The number of carboxylic acids is 1. The Morgan fingerprint density at radius 3 is 1.96 bits per heavy atom. The number of rotatable bonds is 4. The van der Waals surface area contributed by atoms with Crippen molar-refractivity contribution in [1.82, 2.24) is 4.57 Å². The Balaban J connectivity index is 1.74. The van der Waals surface area contributed by atoms with Crippen LogP contribution in [-0.4, -0.2) is 21.6 Å². The molecule has 0 aliphatic heterocycles. The Bertz CT molecular complexity index is 1020. The van der Waals surface area contributed by atoms with E-state index in [1.807, 2.05) is 0 Å². The molecular formula is C20H15F3N2O3. The predicted molar refractivity (Wildman–Crippen MR) is 97.2 cm³/mol. The second kappa shape index (κ2) is 7.22. The molecule has 0 radical (unpaired) electrons. The predicted octanol–water partition coefficient (Wildman–Crippen LogP) is 4.66. The second-order valence-corrected chi connectivity index (χ2v) is 6.14. The zero-order valence-corrected chi connectivity index (χ0v) is 14.6. The number of aromatic nitrogens is 1. The third kappa shape index (κ3) is 4.06. The van der Waals surface area contributed by atoms with Crippen molar-refractivity contribution in [2.75, 3.05) is 5.32 Å². The first-order chi connectivity index (χ1) is 13.1. The number of hydrogen-bond acceptors (Lipinski definition) is 2. The van der Waals surface area contributed by atoms with E-state index < -0.39 is 23.6 Å². The lowest BCUT2D eigenvalue weighted by Crippen LogP contribution is -2.11. The van der Waals surface area contributed by atoms with Crippen molar-refractivity contribution < 1.29 is 27.9 Å². The molecule has 0 aliphatic carbocycles. The summed E-state index contributed by atoms with van der Waals surface area (Å²) in [6.07, 6.45) is -2.91. The molecule has 0 saturated heterocycles. The number of halogens is 3. The molecule has 2 aromatic carbocycles. The van der Waals surface area contributed by atoms with Gasteiger partial charge in [0, 0.05) is 18.8 Å². The van der Waals surface area contributed by atoms with Crippen LogP contribution in [0, 0.1) is 0 Å². The monoisotopic (exact) mass is 388 g/mol. The van der Waals surface area contributed by atoms with Gasteiger partial charge in [0.1, 0.15) is 5.69 Å². The van der Waals surface area contributed by atoms with Crippen LogP contribution in [0.4, 0.5) is 18.9 Å². The Kier molecular flexibility index (Phi) is 4.96. The molecule has 1 aromatic heterocycles. The molecule has 8 heteroatoms. The molecule has 5 nitrogen and oxygen atoms in total. The van der Waals surface area contributed by atoms with E-state index in [1.165, 1.54) is 29.0 Å². The minimum absolute atomic E-state index is 0.0351. The number of hydrogen-bond donors (Lipinski definition) is 2. The van der Waals surface area contributed by atoms with Gasteiger partial charge in [0.05, 0.1) is 11.3 Å². The van der Waals surface area contributed by atoms with Gasteiger partial charge in [-0.15, -0.1) is 0 Å². The van der Waals surface area contributed by atoms with Crippen molar-refractivity contribution >= 4 is 17.6 Å². The normalized spacial score (nSPS) is 11.3. The largest absolute Gasteiger partial charge is 0.477 e. The van der Waals surface area contributed by atoms with Gasteiger partial charge in [0.15, 0.2) is 0 Å². The number of benzene rings is 2. The van der Waals surface area contributed by atoms with Crippen LogP contribution < -0.4 is 5.32 Å². The number of nitrogens with one attached hydrogen (secondary N) is 1. The molecule has 2 N–H and O–H groups in total. The number of carbonyl (C=O) groups is 2. The van der Waals surface area contributed by atoms with Crippen molar-refractivity contribution in [3.63, 3.8) is 0 Å². The fourth-order valence-electron chi connectivity index (χ4n) is 2.71. The second-order valence-electron chi connectivity index (χ2n) is 6.14. The van der Waals surface area contributed by atoms with Gasteiger partial charge in [0.2, 0.25) is 0 Å². The van der Waals surface area contributed by atoms with Crippen LogP contribution in [0.2, 0.25) is 0 Å². The van der Waals surface area contributed by atoms with Crippen molar-refractivity contribution in [1.29, 1.82) is 0 Å². The third-order valence-corrected chi connectivity index (χ3v) is 4.17. The van der Waals surface area contributed by atoms with Crippen LogP contribution in [0.25, 0.3) is 11.1 Å². The fourth-order valence-corrected chi connectivity index (χ4v) is 2.71. The molecule has 0 fully saturated rings. The Morgan fingerprint density at radius 2 is 1.50 bits per heavy atom. The molecule has 3 rings (SSSR count). The van der Waals surface area contributed by atoms with E-state index in [0.29, 0.717) is 22.4 Å². The average molecular weight is 388 g/mol. The lowest BCUT2D eigenvalue weighted by atomic mass is 10.0. The van der Waals surface area contributed by atoms with E-state index >= 15 is 0 Å². The highest BCUT2D eigenvalue weighted by Gasteiger charge is 2.29. The quantitative estimate of drug-likeness (QED) is 0.683. The van der Waals surface area contributed by atoms with E-state index in [1.54, 1.807) is 31.3 Å². The van der Waals surface area contributed by atoms with Gasteiger partial charge >= 0.3 is 12.1 Å². The molecule has 0 atom stereocenters. The maximum atomic E-state index is 12.6. The average Bonchev–Trinajstić information content (AvgIpc) is 3.01. The Labute approximate surface area is 158 Å². The summed E-state index contributed by atoms with van der Waals surface area (Å²) in [5, 5.41) is 11.6. The highest BCUT2D eigenvalue weighted by molar-refractivity contribution is 6.05. The topological polar surface area (TPSA) is 71.3 Å². The van der Waals surface area contributed by atoms with Crippen molar-refractivity contribution in [2.24, 2.45) is 7.05 Å². The maximum Gasteiger partial charge on any atom is 0.416 e. The summed E-state index contributed by atoms with van der Waals surface area (Å²) in [6.45, 7) is 0. The Morgan fingerprint density at radius 1 is 0.964 bits per heavy atom. The molecule has 0 bridgehead atoms. The third-order valence-electron chi connectivity index (χ3n) is 4.17. The smallest absolute Gasteiger partial charge is 0.416 e. The summed E-state index contributed by atoms with van der Waals surface area (Å²) in [5.41, 5.74) is 1.24. The summed E-state index contributed by atoms with van der Waals surface area (Å²) in [7, 11) is 1.55. The van der Waals surface area contributed by atoms with Crippen molar-refractivity contribution in [2.45, 2.75) is 6.18 Å². The van der Waals surface area contributed by atoms with Crippen LogP contribution in [0.15, 0.2) is 60.8 Å². The number of alkyl halides is 3. The highest BCUT2D eigenvalue weighted by atomic mass is 19.4. The molecule has 1 amide bonds. The van der Waals surface area contributed by atoms with E-state index in [9.17, 15) is 22.8 Å². The van der Waals surface area contributed by atoms with Gasteiger partial charge < -0.3 is 15.0 Å². The fraction of sp³-hybridized carbons (Fsp3) is 0.100. The number of amides is 1. The summed E-state index contributed by atoms with van der Waals surface area (Å²) in [5.74, 6) is -1.54. The zero-order valence-electron chi connectivity index (χ0n) is 14.6. The van der Waals surface area contributed by atoms with E-state index in [2.05, 4.69) is 5.32 Å². The van der Waals surface area contributed by atoms with Crippen LogP contribution in [0.3, 0.4) is 0 Å². The van der Waals surface area contributed by atoms with Gasteiger partial charge in [-0.25, -0.2) is 4.79 Å². The molecule has 144 valence electrons. The number of carboxylic acid groups (broad SMARTS) is 1. The van der Waals surface area contributed by atoms with Crippen molar-refractivity contribution in [3.05, 3.63) is 77.6 Å². The minimum Gasteiger partial charge on any atom is -0.477 e. The first-order valence-corrected chi connectivity index (χ1v) is 8.14. The summed E-state index contributed by atoms with van der Waals surface area (Å²) < 4.78 is 39.3. The summed E-state index contributed by atoms with van der Waals surface area (Å²) >= 11 is 0. The van der Waals surface area contributed by atoms with Crippen LogP contribution in [-0.2, 0) is 13.2 Å². The molecule has 0 unspecified atom stereocenters. The lowest BCUT2D eigenvalue weighted by Gasteiger charge is -2.08. The highest BCUT2D eigenvalue weighted by Crippen LogP contribution is 2.31. The van der Waals surface area contributed by atoms with Gasteiger partial charge in [-0.1, -0.05) is 24.3 Å². The van der Waals surface area contributed by atoms with Gasteiger partial charge in [0.25, 0.3) is 5.91 Å². The maximum absolute atomic E-state index is 12.6. The molecule has 0 aliphatic rings. The van der Waals surface area contributed by atoms with Crippen LogP contribution in [0.1, 0.15) is 26.4 Å². The SMILES string of the molecule is Cn1cc(NC(=O)c2ccc(-c3ccc(C(F)(F)F)cc3)cc2)cc1C(=O)O. The minimum atomic E-state index is -4.39. The number of nitrogens with zero attached hydrogens (tertiary/aromatic N) is 1. The van der Waals surface area contributed by atoms with Gasteiger partial charge in [-0.3, -0.25) is 4.79 Å². The molecule has 3 aromatic rings. The number of aryl methyl sites for hydroxylation is 1. The lowest BCUT2D eigenvalue weighted by molar-refractivity contribution is -0.137. The summed E-state index contributed by atoms with van der Waals surface area (Å²) in [6, 6.07) is 12.4.